The molecule has 1 unspecified atom stereocenters. The number of nitrogens with two attached hydrogens (primary N) is 1. The molecule has 1 aromatic rings. The average Bonchev–Trinajstić information content (AvgIpc) is 2.40. The third kappa shape index (κ3) is 3.38. The van der Waals surface area contributed by atoms with Gasteiger partial charge in [-0.15, -0.1) is 0 Å². The summed E-state index contributed by atoms with van der Waals surface area (Å²) in [4.78, 5) is 21.9. The van der Waals surface area contributed by atoms with Gasteiger partial charge in [-0.1, -0.05) is 0 Å². The molecule has 0 spiro atoms. The predicted molar refractivity (Wildman–Crippen MR) is 67.9 cm³/mol. The molecule has 1 aromatic heterocycles. The van der Waals surface area contributed by atoms with Crippen molar-refractivity contribution in [1.29, 1.82) is 0 Å². The first kappa shape index (κ1) is 14.3. The first-order valence-electron chi connectivity index (χ1n) is 5.72. The van der Waals surface area contributed by atoms with E-state index in [0.717, 1.165) is 0 Å². The van der Waals surface area contributed by atoms with Crippen LogP contribution < -0.4 is 11.3 Å². The first-order valence-corrected chi connectivity index (χ1v) is 5.72. The van der Waals surface area contributed by atoms with Crippen LogP contribution in [0, 0.1) is 0 Å². The Hall–Kier alpha value is -1.73. The second kappa shape index (κ2) is 6.87. The zero-order chi connectivity index (χ0) is 13.5. The van der Waals surface area contributed by atoms with E-state index in [1.165, 1.54) is 12.4 Å². The molecule has 0 aliphatic rings. The lowest BCUT2D eigenvalue weighted by Gasteiger charge is -2.27. The van der Waals surface area contributed by atoms with E-state index in [1.54, 1.807) is 12.0 Å². The number of hydrogen-bond donors (Lipinski definition) is 2. The Morgan fingerprint density at radius 2 is 2.28 bits per heavy atom. The number of hydrogen-bond acceptors (Lipinski definition) is 6. The molecule has 0 aliphatic carbocycles. The number of nitrogens with one attached hydrogen (secondary N) is 1. The van der Waals surface area contributed by atoms with Crippen molar-refractivity contribution in [2.75, 3.05) is 25.7 Å². The lowest BCUT2D eigenvalue weighted by atomic mass is 10.2. The summed E-state index contributed by atoms with van der Waals surface area (Å²) in [5.74, 6) is 5.43. The normalized spacial score (nSPS) is 12.0. The number of carbonyl (C=O) groups is 1. The number of carbonyl (C=O) groups excluding carboxylic acids is 1. The Bertz CT molecular complexity index is 382. The van der Waals surface area contributed by atoms with E-state index in [-0.39, 0.29) is 11.9 Å². The smallest absolute Gasteiger partial charge is 0.274 e. The number of likely N-dealkylation sites (N-methyl/N-ethyl adjacent to an activating group) is 1. The van der Waals surface area contributed by atoms with Crippen molar-refractivity contribution < 1.29 is 9.53 Å². The van der Waals surface area contributed by atoms with Gasteiger partial charge in [-0.3, -0.25) is 4.79 Å². The van der Waals surface area contributed by atoms with Crippen LogP contribution in [-0.2, 0) is 4.74 Å². The second-order valence-electron chi connectivity index (χ2n) is 3.83. The Labute approximate surface area is 106 Å². The third-order valence-corrected chi connectivity index (χ3v) is 2.56. The SMILES string of the molecule is CCN(C(=O)c1cnc(NN)cn1)C(C)COC. The molecule has 7 heteroatoms. The summed E-state index contributed by atoms with van der Waals surface area (Å²) in [7, 11) is 1.61. The molecule has 1 heterocycles. The van der Waals surface area contributed by atoms with Crippen LogP contribution in [0.15, 0.2) is 12.4 Å². The highest BCUT2D eigenvalue weighted by Gasteiger charge is 2.21. The molecule has 1 atom stereocenters. The largest absolute Gasteiger partial charge is 0.383 e. The molecule has 0 fully saturated rings. The molecule has 7 nitrogen and oxygen atoms in total. The van der Waals surface area contributed by atoms with Gasteiger partial charge in [0.25, 0.3) is 5.91 Å². The van der Waals surface area contributed by atoms with Crippen LogP contribution in [0.4, 0.5) is 5.82 Å². The summed E-state index contributed by atoms with van der Waals surface area (Å²) < 4.78 is 5.05. The van der Waals surface area contributed by atoms with Crippen LogP contribution in [0.5, 0.6) is 0 Å². The molecule has 18 heavy (non-hydrogen) atoms. The lowest BCUT2D eigenvalue weighted by molar-refractivity contribution is 0.0573. The highest BCUT2D eigenvalue weighted by Crippen LogP contribution is 2.07. The van der Waals surface area contributed by atoms with E-state index in [2.05, 4.69) is 15.4 Å². The Balaban J connectivity index is 2.82. The average molecular weight is 253 g/mol. The molecule has 0 saturated heterocycles. The quantitative estimate of drug-likeness (QED) is 0.558. The van der Waals surface area contributed by atoms with Crippen LogP contribution in [0.2, 0.25) is 0 Å². The van der Waals surface area contributed by atoms with Gasteiger partial charge in [0, 0.05) is 13.7 Å². The van der Waals surface area contributed by atoms with Crippen molar-refractivity contribution in [2.24, 2.45) is 5.84 Å². The van der Waals surface area contributed by atoms with E-state index in [0.29, 0.717) is 24.7 Å². The topological polar surface area (TPSA) is 93.4 Å². The molecule has 3 N–H and O–H groups in total. The molecule has 100 valence electrons. The zero-order valence-corrected chi connectivity index (χ0v) is 10.9. The van der Waals surface area contributed by atoms with Crippen LogP contribution in [0.25, 0.3) is 0 Å². The van der Waals surface area contributed by atoms with Crippen LogP contribution in [0.1, 0.15) is 24.3 Å². The third-order valence-electron chi connectivity index (χ3n) is 2.56. The first-order chi connectivity index (χ1) is 8.63. The Kier molecular flexibility index (Phi) is 5.47. The molecule has 0 saturated carbocycles. The van der Waals surface area contributed by atoms with Crippen molar-refractivity contribution in [2.45, 2.75) is 19.9 Å². The monoisotopic (exact) mass is 253 g/mol. The minimum atomic E-state index is -0.168. The minimum Gasteiger partial charge on any atom is -0.383 e. The van der Waals surface area contributed by atoms with E-state index in [4.69, 9.17) is 10.6 Å². The van der Waals surface area contributed by atoms with Crippen molar-refractivity contribution >= 4 is 11.7 Å². The van der Waals surface area contributed by atoms with Gasteiger partial charge in [-0.05, 0) is 13.8 Å². The molecule has 0 bridgehead atoms. The molecule has 0 radical (unpaired) electrons. The molecule has 1 rings (SSSR count). The van der Waals surface area contributed by atoms with Crippen molar-refractivity contribution in [3.8, 4) is 0 Å². The van der Waals surface area contributed by atoms with Gasteiger partial charge in [-0.2, -0.15) is 0 Å². The molecule has 0 aliphatic heterocycles. The number of anilines is 1. The van der Waals surface area contributed by atoms with Gasteiger partial charge in [0.2, 0.25) is 0 Å². The lowest BCUT2D eigenvalue weighted by Crippen LogP contribution is -2.41. The fourth-order valence-electron chi connectivity index (χ4n) is 1.65. The van der Waals surface area contributed by atoms with Crippen LogP contribution >= 0.6 is 0 Å². The molecule has 0 aromatic carbocycles. The maximum atomic E-state index is 12.2. The summed E-state index contributed by atoms with van der Waals surface area (Å²) in [5.41, 5.74) is 2.65. The van der Waals surface area contributed by atoms with Crippen molar-refractivity contribution in [3.63, 3.8) is 0 Å². The number of nitrogens with zero attached hydrogens (tertiary/aromatic N) is 3. The second-order valence-corrected chi connectivity index (χ2v) is 3.83. The number of ether oxygens (including phenoxy) is 1. The Morgan fingerprint density at radius 1 is 1.56 bits per heavy atom. The number of nitrogen functional groups attached to an aromatic ring is 1. The molecular formula is C11H19N5O2. The maximum absolute atomic E-state index is 12.2. The van der Waals surface area contributed by atoms with Crippen molar-refractivity contribution in [3.05, 3.63) is 18.1 Å². The standard InChI is InChI=1S/C11H19N5O2/c1-4-16(8(2)7-18-3)11(17)9-5-14-10(15-12)6-13-9/h5-6,8H,4,7,12H2,1-3H3,(H,14,15). The summed E-state index contributed by atoms with van der Waals surface area (Å²) >= 11 is 0. The van der Waals surface area contributed by atoms with E-state index >= 15 is 0 Å². The van der Waals surface area contributed by atoms with Gasteiger partial charge in [0.05, 0.1) is 25.0 Å². The minimum absolute atomic E-state index is 0.0124. The van der Waals surface area contributed by atoms with E-state index in [9.17, 15) is 4.79 Å². The molecular weight excluding hydrogens is 234 g/mol. The van der Waals surface area contributed by atoms with Crippen LogP contribution in [-0.4, -0.2) is 47.1 Å². The summed E-state index contributed by atoms with van der Waals surface area (Å²) in [6.07, 6.45) is 2.82. The summed E-state index contributed by atoms with van der Waals surface area (Å²) in [6, 6.07) is -0.0124. The summed E-state index contributed by atoms with van der Waals surface area (Å²) in [5, 5.41) is 0. The summed E-state index contributed by atoms with van der Waals surface area (Å²) in [6.45, 7) is 4.90. The number of methoxy groups -OCH3 is 1. The maximum Gasteiger partial charge on any atom is 0.274 e. The highest BCUT2D eigenvalue weighted by atomic mass is 16.5. The van der Waals surface area contributed by atoms with Gasteiger partial charge in [0.1, 0.15) is 5.69 Å². The van der Waals surface area contributed by atoms with Crippen LogP contribution in [0.3, 0.4) is 0 Å². The van der Waals surface area contributed by atoms with Gasteiger partial charge in [-0.25, -0.2) is 15.8 Å². The van der Waals surface area contributed by atoms with E-state index < -0.39 is 0 Å². The van der Waals surface area contributed by atoms with Gasteiger partial charge >= 0.3 is 0 Å². The number of amides is 1. The van der Waals surface area contributed by atoms with Gasteiger partial charge < -0.3 is 15.1 Å². The predicted octanol–water partition coefficient (Wildman–Crippen LogP) is 0.259. The Morgan fingerprint density at radius 3 is 2.72 bits per heavy atom. The number of aromatic nitrogens is 2. The van der Waals surface area contributed by atoms with Gasteiger partial charge in [0.15, 0.2) is 5.82 Å². The van der Waals surface area contributed by atoms with Crippen molar-refractivity contribution in [1.82, 2.24) is 14.9 Å². The zero-order valence-electron chi connectivity index (χ0n) is 10.9. The number of hydrazine groups is 1. The fraction of sp³-hybridized carbons (Fsp3) is 0.545. The van der Waals surface area contributed by atoms with E-state index in [1.807, 2.05) is 13.8 Å². The molecule has 1 amide bonds. The fourth-order valence-corrected chi connectivity index (χ4v) is 1.65. The highest BCUT2D eigenvalue weighted by molar-refractivity contribution is 5.92. The number of rotatable bonds is 6.